The van der Waals surface area contributed by atoms with Crippen molar-refractivity contribution in [1.29, 1.82) is 0 Å². The van der Waals surface area contributed by atoms with Gasteiger partial charge in [0.05, 0.1) is 17.3 Å². The lowest BCUT2D eigenvalue weighted by Gasteiger charge is -2.30. The van der Waals surface area contributed by atoms with Crippen LogP contribution in [-0.2, 0) is 6.54 Å². The van der Waals surface area contributed by atoms with E-state index in [4.69, 9.17) is 21.4 Å². The van der Waals surface area contributed by atoms with Crippen LogP contribution in [0.2, 0.25) is 5.02 Å². The number of carbonyl (C=O) groups is 1. The van der Waals surface area contributed by atoms with Crippen LogP contribution in [-0.4, -0.2) is 11.1 Å². The van der Waals surface area contributed by atoms with Crippen LogP contribution in [0.1, 0.15) is 34.5 Å². The minimum atomic E-state index is -0.927. The fraction of sp³-hybridized carbons (Fsp3) is 0.136. The predicted molar refractivity (Wildman–Crippen MR) is 106 cm³/mol. The van der Waals surface area contributed by atoms with Crippen molar-refractivity contribution in [3.8, 4) is 11.5 Å². The molecule has 0 aromatic heterocycles. The lowest BCUT2D eigenvalue weighted by molar-refractivity contribution is 0.0697. The average Bonchev–Trinajstić information content (AvgIpc) is 2.78. The van der Waals surface area contributed by atoms with Crippen LogP contribution < -0.4 is 9.64 Å². The molecule has 1 unspecified atom stereocenters. The van der Waals surface area contributed by atoms with Crippen molar-refractivity contribution >= 4 is 23.3 Å². The van der Waals surface area contributed by atoms with Gasteiger partial charge >= 0.3 is 5.97 Å². The summed E-state index contributed by atoms with van der Waals surface area (Å²) in [5, 5.41) is 9.75. The Morgan fingerprint density at radius 3 is 2.56 bits per heavy atom. The smallest absolute Gasteiger partial charge is 0.335 e. The zero-order chi connectivity index (χ0) is 19.0. The molecule has 0 aliphatic carbocycles. The van der Waals surface area contributed by atoms with Gasteiger partial charge in [-0.05, 0) is 48.9 Å². The van der Waals surface area contributed by atoms with Crippen LogP contribution in [0.25, 0.3) is 0 Å². The molecule has 3 aromatic carbocycles. The molecule has 0 bridgehead atoms. The number of carboxylic acids is 1. The number of ether oxygens (including phenoxy) is 1. The highest BCUT2D eigenvalue weighted by atomic mass is 35.5. The van der Waals surface area contributed by atoms with E-state index in [1.165, 1.54) is 0 Å². The minimum absolute atomic E-state index is 0.0556. The lowest BCUT2D eigenvalue weighted by atomic mass is 10.0. The highest BCUT2D eigenvalue weighted by Crippen LogP contribution is 2.45. The number of nitrogens with zero attached hydrogens (tertiary/aromatic N) is 1. The van der Waals surface area contributed by atoms with Gasteiger partial charge in [0.2, 0.25) is 0 Å². The Morgan fingerprint density at radius 1 is 1.07 bits per heavy atom. The second-order valence-electron chi connectivity index (χ2n) is 6.56. The molecule has 0 saturated heterocycles. The second kappa shape index (κ2) is 6.97. The number of benzene rings is 3. The molecule has 1 heterocycles. The Hall–Kier alpha value is -2.98. The Balaban J connectivity index is 1.77. The largest absolute Gasteiger partial charge is 0.478 e. The summed E-state index contributed by atoms with van der Waals surface area (Å²) in [6, 6.07) is 20.6. The van der Waals surface area contributed by atoms with E-state index in [2.05, 4.69) is 17.9 Å². The Bertz CT molecular complexity index is 1000. The molecule has 4 rings (SSSR count). The van der Waals surface area contributed by atoms with E-state index in [0.717, 1.165) is 28.3 Å². The summed E-state index contributed by atoms with van der Waals surface area (Å²) in [4.78, 5) is 13.3. The van der Waals surface area contributed by atoms with E-state index in [9.17, 15) is 4.79 Å². The van der Waals surface area contributed by atoms with Crippen molar-refractivity contribution in [2.45, 2.75) is 19.5 Å². The highest BCUT2D eigenvalue weighted by molar-refractivity contribution is 6.31. The summed E-state index contributed by atoms with van der Waals surface area (Å²) in [6.07, 6.45) is 0. The van der Waals surface area contributed by atoms with E-state index < -0.39 is 5.97 Å². The number of rotatable bonds is 3. The van der Waals surface area contributed by atoms with Gasteiger partial charge in [-0.2, -0.15) is 0 Å². The molecule has 1 aliphatic heterocycles. The molecule has 0 saturated carbocycles. The number of carboxylic acid groups (broad SMARTS) is 1. The summed E-state index contributed by atoms with van der Waals surface area (Å²) in [5.41, 5.74) is 3.29. The number of fused-ring (bicyclic) bond motifs is 2. The molecule has 1 atom stereocenters. The van der Waals surface area contributed by atoms with Crippen molar-refractivity contribution in [2.75, 3.05) is 4.90 Å². The van der Waals surface area contributed by atoms with Crippen LogP contribution in [0.15, 0.2) is 66.7 Å². The summed E-state index contributed by atoms with van der Waals surface area (Å²) in [6.45, 7) is 2.73. The molecule has 0 spiro atoms. The molecule has 5 heteroatoms. The first-order chi connectivity index (χ1) is 13.0. The van der Waals surface area contributed by atoms with Gasteiger partial charge in [0.1, 0.15) is 5.75 Å². The second-order valence-corrected chi connectivity index (χ2v) is 6.99. The van der Waals surface area contributed by atoms with Crippen LogP contribution in [0.5, 0.6) is 11.5 Å². The first kappa shape index (κ1) is 17.4. The van der Waals surface area contributed by atoms with Crippen molar-refractivity contribution in [1.82, 2.24) is 0 Å². The molecule has 0 amide bonds. The van der Waals surface area contributed by atoms with Gasteiger partial charge in [-0.25, -0.2) is 4.79 Å². The number of para-hydroxylation sites is 1. The number of anilines is 1. The van der Waals surface area contributed by atoms with E-state index in [1.807, 2.05) is 48.5 Å². The lowest BCUT2D eigenvalue weighted by Crippen LogP contribution is -2.25. The zero-order valence-electron chi connectivity index (χ0n) is 14.7. The normalized spacial score (nSPS) is 15.3. The van der Waals surface area contributed by atoms with Gasteiger partial charge in [0, 0.05) is 17.1 Å². The first-order valence-electron chi connectivity index (χ1n) is 8.68. The Morgan fingerprint density at radius 2 is 1.81 bits per heavy atom. The third-order valence-electron chi connectivity index (χ3n) is 4.84. The fourth-order valence-corrected chi connectivity index (χ4v) is 3.55. The molecule has 27 heavy (non-hydrogen) atoms. The summed E-state index contributed by atoms with van der Waals surface area (Å²) in [7, 11) is 0. The predicted octanol–water partition coefficient (Wildman–Crippen LogP) is 5.91. The van der Waals surface area contributed by atoms with Gasteiger partial charge in [-0.15, -0.1) is 0 Å². The maximum absolute atomic E-state index is 11.1. The highest BCUT2D eigenvalue weighted by Gasteiger charge is 2.27. The molecular weight excluding hydrogens is 362 g/mol. The standard InChI is InChI=1S/C22H18ClNO3/c1-14-18-4-2-3-5-20(18)27-21-11-10-17(23)12-19(21)24(14)13-15-6-8-16(9-7-15)22(25)26/h2-12,14H,13H2,1H3,(H,25,26). The van der Waals surface area contributed by atoms with Gasteiger partial charge in [-0.1, -0.05) is 41.9 Å². The third-order valence-corrected chi connectivity index (χ3v) is 5.08. The SMILES string of the molecule is CC1c2ccccc2Oc2ccc(Cl)cc2N1Cc1ccc(C(=O)O)cc1. The van der Waals surface area contributed by atoms with E-state index in [1.54, 1.807) is 12.1 Å². The van der Waals surface area contributed by atoms with Crippen molar-refractivity contribution in [3.05, 3.63) is 88.4 Å². The van der Waals surface area contributed by atoms with Crippen molar-refractivity contribution < 1.29 is 14.6 Å². The molecular formula is C22H18ClNO3. The molecule has 0 fully saturated rings. The van der Waals surface area contributed by atoms with Crippen LogP contribution in [0, 0.1) is 0 Å². The molecule has 3 aromatic rings. The fourth-order valence-electron chi connectivity index (χ4n) is 3.39. The van der Waals surface area contributed by atoms with Crippen LogP contribution >= 0.6 is 11.6 Å². The number of hydrogen-bond acceptors (Lipinski definition) is 3. The summed E-state index contributed by atoms with van der Waals surface area (Å²) in [5.74, 6) is 0.653. The maximum Gasteiger partial charge on any atom is 0.335 e. The molecule has 136 valence electrons. The molecule has 1 N–H and O–H groups in total. The van der Waals surface area contributed by atoms with Crippen molar-refractivity contribution in [3.63, 3.8) is 0 Å². The monoisotopic (exact) mass is 379 g/mol. The van der Waals surface area contributed by atoms with Gasteiger partial charge < -0.3 is 14.7 Å². The molecule has 1 aliphatic rings. The number of hydrogen-bond donors (Lipinski definition) is 1. The van der Waals surface area contributed by atoms with E-state index in [-0.39, 0.29) is 11.6 Å². The van der Waals surface area contributed by atoms with E-state index in [0.29, 0.717) is 11.6 Å². The van der Waals surface area contributed by atoms with Gasteiger partial charge in [-0.3, -0.25) is 0 Å². The molecule has 0 radical (unpaired) electrons. The van der Waals surface area contributed by atoms with Crippen molar-refractivity contribution in [2.24, 2.45) is 0 Å². The van der Waals surface area contributed by atoms with Gasteiger partial charge in [0.15, 0.2) is 5.75 Å². The summed E-state index contributed by atoms with van der Waals surface area (Å²) < 4.78 is 6.17. The Labute approximate surface area is 162 Å². The van der Waals surface area contributed by atoms with Crippen LogP contribution in [0.4, 0.5) is 5.69 Å². The van der Waals surface area contributed by atoms with Crippen LogP contribution in [0.3, 0.4) is 0 Å². The average molecular weight is 380 g/mol. The Kier molecular flexibility index (Phi) is 4.50. The number of halogens is 1. The van der Waals surface area contributed by atoms with Gasteiger partial charge in [0.25, 0.3) is 0 Å². The summed E-state index contributed by atoms with van der Waals surface area (Å²) >= 11 is 6.27. The topological polar surface area (TPSA) is 49.8 Å². The first-order valence-corrected chi connectivity index (χ1v) is 9.06. The maximum atomic E-state index is 11.1. The third kappa shape index (κ3) is 3.36. The minimum Gasteiger partial charge on any atom is -0.478 e. The molecule has 4 nitrogen and oxygen atoms in total. The quantitative estimate of drug-likeness (QED) is 0.614. The number of aromatic carboxylic acids is 1. The van der Waals surface area contributed by atoms with E-state index >= 15 is 0 Å². The zero-order valence-corrected chi connectivity index (χ0v) is 15.5.